The van der Waals surface area contributed by atoms with Crippen LogP contribution in [0.4, 0.5) is 0 Å². The van der Waals surface area contributed by atoms with Gasteiger partial charge in [0.05, 0.1) is 13.2 Å². The van der Waals surface area contributed by atoms with Gasteiger partial charge >= 0.3 is 0 Å². The molecule has 6 heteroatoms. The van der Waals surface area contributed by atoms with E-state index in [-0.39, 0.29) is 0 Å². The third-order valence-electron chi connectivity index (χ3n) is 12.6. The number of aromatic nitrogens is 4. The maximum absolute atomic E-state index is 5.79. The van der Waals surface area contributed by atoms with Crippen molar-refractivity contribution in [3.05, 3.63) is 84.4 Å². The third kappa shape index (κ3) is 15.8. The number of aryl methyl sites for hydroxylation is 2. The van der Waals surface area contributed by atoms with E-state index in [1.807, 2.05) is 49.1 Å². The smallest absolute Gasteiger partial charge is 0.159 e. The van der Waals surface area contributed by atoms with Gasteiger partial charge < -0.3 is 9.47 Å². The molecule has 0 bridgehead atoms. The Labute approximate surface area is 346 Å². The summed E-state index contributed by atoms with van der Waals surface area (Å²) < 4.78 is 11.6. The van der Waals surface area contributed by atoms with Gasteiger partial charge in [-0.2, -0.15) is 0 Å². The van der Waals surface area contributed by atoms with Crippen molar-refractivity contribution in [2.24, 2.45) is 23.7 Å². The van der Waals surface area contributed by atoms with Gasteiger partial charge in [-0.15, -0.1) is 0 Å². The molecule has 6 rings (SSSR count). The summed E-state index contributed by atoms with van der Waals surface area (Å²) in [5.74, 6) is 7.21. The molecule has 2 aromatic carbocycles. The molecule has 0 atom stereocenters. The first-order valence-corrected chi connectivity index (χ1v) is 23.1. The summed E-state index contributed by atoms with van der Waals surface area (Å²) in [5.41, 5.74) is 4.62. The minimum atomic E-state index is 0.790. The molecule has 0 aliphatic heterocycles. The fourth-order valence-electron chi connectivity index (χ4n) is 8.64. The first-order valence-electron chi connectivity index (χ1n) is 23.1. The van der Waals surface area contributed by atoms with Crippen molar-refractivity contribution in [1.29, 1.82) is 0 Å². The monoisotopic (exact) mass is 775 g/mol. The SMILES string of the molecule is CCCCCOc1ccc(-c2ncc(CCC3CCC(CC)CC3)cn2)cc1.CCCCCOc1ccc(-c2ncc(CCC3CCC(CCC)CC3)cn2)cc1. The van der Waals surface area contributed by atoms with Crippen LogP contribution >= 0.6 is 0 Å². The minimum absolute atomic E-state index is 0.790. The molecule has 0 radical (unpaired) electrons. The second-order valence-corrected chi connectivity index (χ2v) is 17.0. The van der Waals surface area contributed by atoms with Crippen molar-refractivity contribution in [3.8, 4) is 34.3 Å². The lowest BCUT2D eigenvalue weighted by atomic mass is 9.78. The van der Waals surface area contributed by atoms with Crippen LogP contribution in [0.15, 0.2) is 73.3 Å². The fraction of sp³-hybridized carbons (Fsp3) is 0.608. The summed E-state index contributed by atoms with van der Waals surface area (Å²) in [7, 11) is 0. The Bertz CT molecular complexity index is 1610. The molecule has 4 aromatic rings. The molecule has 6 nitrogen and oxygen atoms in total. The third-order valence-corrected chi connectivity index (χ3v) is 12.6. The van der Waals surface area contributed by atoms with E-state index in [2.05, 4.69) is 71.9 Å². The fourth-order valence-corrected chi connectivity index (χ4v) is 8.64. The Morgan fingerprint density at radius 1 is 0.439 bits per heavy atom. The number of rotatable bonds is 21. The second kappa shape index (κ2) is 25.5. The molecule has 310 valence electrons. The number of ether oxygens (including phenoxy) is 2. The lowest BCUT2D eigenvalue weighted by molar-refractivity contribution is 0.252. The highest BCUT2D eigenvalue weighted by molar-refractivity contribution is 5.56. The van der Waals surface area contributed by atoms with Crippen LogP contribution in [0.3, 0.4) is 0 Å². The van der Waals surface area contributed by atoms with Gasteiger partial charge in [-0.3, -0.25) is 0 Å². The summed E-state index contributed by atoms with van der Waals surface area (Å²) >= 11 is 0. The molecule has 2 fully saturated rings. The molecular weight excluding hydrogens is 701 g/mol. The van der Waals surface area contributed by atoms with Crippen LogP contribution in [0.2, 0.25) is 0 Å². The molecule has 2 saturated carbocycles. The van der Waals surface area contributed by atoms with E-state index >= 15 is 0 Å². The van der Waals surface area contributed by atoms with Crippen LogP contribution < -0.4 is 9.47 Å². The predicted octanol–water partition coefficient (Wildman–Crippen LogP) is 14.1. The van der Waals surface area contributed by atoms with Crippen LogP contribution in [-0.2, 0) is 12.8 Å². The number of hydrogen-bond donors (Lipinski definition) is 0. The van der Waals surface area contributed by atoms with Gasteiger partial charge in [-0.1, -0.05) is 124 Å². The van der Waals surface area contributed by atoms with Crippen molar-refractivity contribution in [3.63, 3.8) is 0 Å². The Kier molecular flexibility index (Phi) is 19.9. The summed E-state index contributed by atoms with van der Waals surface area (Å²) in [5, 5.41) is 0. The molecule has 0 spiro atoms. The first kappa shape index (κ1) is 44.3. The predicted molar refractivity (Wildman–Crippen MR) is 238 cm³/mol. The zero-order chi connectivity index (χ0) is 39.9. The Morgan fingerprint density at radius 2 is 0.807 bits per heavy atom. The normalized spacial score (nSPS) is 19.4. The van der Waals surface area contributed by atoms with Crippen molar-refractivity contribution < 1.29 is 9.47 Å². The number of benzene rings is 2. The lowest BCUT2D eigenvalue weighted by Crippen LogP contribution is -2.15. The zero-order valence-corrected chi connectivity index (χ0v) is 36.1. The quantitative estimate of drug-likeness (QED) is 0.0785. The Balaban J connectivity index is 0.000000218. The molecule has 0 unspecified atom stereocenters. The summed E-state index contributed by atoms with van der Waals surface area (Å²) in [6.07, 6.45) is 35.4. The zero-order valence-electron chi connectivity index (χ0n) is 36.1. The number of unbranched alkanes of at least 4 members (excludes halogenated alkanes) is 4. The van der Waals surface area contributed by atoms with E-state index in [9.17, 15) is 0 Å². The maximum Gasteiger partial charge on any atom is 0.159 e. The second-order valence-electron chi connectivity index (χ2n) is 17.0. The van der Waals surface area contributed by atoms with Gasteiger partial charge in [-0.05, 0) is 122 Å². The number of hydrogen-bond acceptors (Lipinski definition) is 6. The molecular formula is C51H74N4O2. The van der Waals surface area contributed by atoms with Gasteiger partial charge in [0.15, 0.2) is 11.6 Å². The number of nitrogens with zero attached hydrogens (tertiary/aromatic N) is 4. The van der Waals surface area contributed by atoms with Crippen molar-refractivity contribution in [2.45, 2.75) is 163 Å². The van der Waals surface area contributed by atoms with Crippen LogP contribution in [-0.4, -0.2) is 33.1 Å². The highest BCUT2D eigenvalue weighted by atomic mass is 16.5. The minimum Gasteiger partial charge on any atom is -0.494 e. The topological polar surface area (TPSA) is 70.0 Å². The van der Waals surface area contributed by atoms with Gasteiger partial charge in [0.1, 0.15) is 11.5 Å². The van der Waals surface area contributed by atoms with Crippen molar-refractivity contribution >= 4 is 0 Å². The standard InChI is InChI=1S/C26H38N2O.C25H36N2O/c1-3-5-6-18-29-25-16-14-24(15-17-25)26-27-19-23(20-28-26)13-12-22-10-8-21(7-4-2)9-11-22;1-3-5-6-17-28-24-15-13-23(14-16-24)25-26-18-22(19-27-25)12-11-21-9-7-20(4-2)8-10-21/h14-17,19-22H,3-13,18H2,1-2H3;13-16,18-21H,3-12,17H2,1-2H3. The molecule has 0 saturated heterocycles. The van der Waals surface area contributed by atoms with Crippen LogP contribution in [0.25, 0.3) is 22.8 Å². The largest absolute Gasteiger partial charge is 0.494 e. The van der Waals surface area contributed by atoms with Crippen molar-refractivity contribution in [1.82, 2.24) is 19.9 Å². The van der Waals surface area contributed by atoms with Crippen LogP contribution in [0.1, 0.15) is 161 Å². The first-order chi connectivity index (χ1) is 28.1. The van der Waals surface area contributed by atoms with E-state index in [1.54, 1.807) is 0 Å². The molecule has 0 amide bonds. The van der Waals surface area contributed by atoms with Gasteiger partial charge in [0, 0.05) is 35.9 Å². The average molecular weight is 775 g/mol. The van der Waals surface area contributed by atoms with E-state index < -0.39 is 0 Å². The molecule has 2 aliphatic carbocycles. The summed E-state index contributed by atoms with van der Waals surface area (Å²) in [6.45, 7) is 10.6. The molecule has 0 N–H and O–H groups in total. The van der Waals surface area contributed by atoms with E-state index in [0.717, 1.165) is 96.8 Å². The molecule has 57 heavy (non-hydrogen) atoms. The van der Waals surface area contributed by atoms with E-state index in [0.29, 0.717) is 0 Å². The van der Waals surface area contributed by atoms with Crippen LogP contribution in [0.5, 0.6) is 11.5 Å². The van der Waals surface area contributed by atoms with Crippen LogP contribution in [0, 0.1) is 23.7 Å². The highest BCUT2D eigenvalue weighted by Crippen LogP contribution is 2.35. The Hall–Kier alpha value is -3.80. The lowest BCUT2D eigenvalue weighted by Gasteiger charge is -2.28. The summed E-state index contributed by atoms with van der Waals surface area (Å²) in [6, 6.07) is 16.3. The maximum atomic E-state index is 5.79. The van der Waals surface area contributed by atoms with Gasteiger partial charge in [-0.25, -0.2) is 19.9 Å². The average Bonchev–Trinajstić information content (AvgIpc) is 3.27. The summed E-state index contributed by atoms with van der Waals surface area (Å²) in [4.78, 5) is 18.4. The van der Waals surface area contributed by atoms with E-state index in [4.69, 9.17) is 9.47 Å². The highest BCUT2D eigenvalue weighted by Gasteiger charge is 2.21. The molecule has 2 aliphatic rings. The molecule has 2 aromatic heterocycles. The van der Waals surface area contributed by atoms with Gasteiger partial charge in [0.25, 0.3) is 0 Å². The van der Waals surface area contributed by atoms with E-state index in [1.165, 1.54) is 120 Å². The molecule has 2 heterocycles. The van der Waals surface area contributed by atoms with Crippen molar-refractivity contribution in [2.75, 3.05) is 13.2 Å². The Morgan fingerprint density at radius 3 is 1.16 bits per heavy atom. The van der Waals surface area contributed by atoms with Gasteiger partial charge in [0.2, 0.25) is 0 Å².